The third-order valence-corrected chi connectivity index (χ3v) is 15.3. The van der Waals surface area contributed by atoms with Gasteiger partial charge in [0.05, 0.1) is 38.6 Å². The summed E-state index contributed by atoms with van der Waals surface area (Å²) in [6.45, 7) is 2.31. The van der Waals surface area contributed by atoms with E-state index in [1.165, 1.54) is 116 Å². The van der Waals surface area contributed by atoms with Crippen molar-refractivity contribution >= 4 is 82.4 Å². The summed E-state index contributed by atoms with van der Waals surface area (Å²) < 4.78 is 9.83. The zero-order valence-corrected chi connectivity index (χ0v) is 39.2. The average Bonchev–Trinajstić information content (AvgIpc) is 4.15. The maximum Gasteiger partial charge on any atom is 0.0562 e. The third-order valence-electron chi connectivity index (χ3n) is 15.3. The van der Waals surface area contributed by atoms with Crippen molar-refractivity contribution < 1.29 is 0 Å². The monoisotopic (exact) mass is 906 g/mol. The van der Waals surface area contributed by atoms with Gasteiger partial charge in [0.1, 0.15) is 0 Å². The molecule has 0 saturated heterocycles. The maximum absolute atomic E-state index is 2.50. The number of allylic oxidation sites excluding steroid dienone is 1. The predicted octanol–water partition coefficient (Wildman–Crippen LogP) is 17.5. The SMILES string of the molecule is CC1C=Cc2c(n(-c3cccc(-c4cccc(-n5c6ccccc6c6cc7c8ccccc8n(-c8cccc(-c9cccc(-n%10c%11ccccc%11c%11ccccc%11%10)c9)c8)c7cc65)c4)c3)c3ccccc23)C1. The van der Waals surface area contributed by atoms with Crippen LogP contribution in [0.3, 0.4) is 0 Å². The summed E-state index contributed by atoms with van der Waals surface area (Å²) in [5.41, 5.74) is 20.5. The minimum Gasteiger partial charge on any atom is -0.313 e. The van der Waals surface area contributed by atoms with Gasteiger partial charge in [0.15, 0.2) is 0 Å². The molecule has 4 heterocycles. The molecule has 0 N–H and O–H groups in total. The number of hydrogen-bond donors (Lipinski definition) is 0. The molecule has 0 fully saturated rings. The van der Waals surface area contributed by atoms with Gasteiger partial charge in [-0.25, -0.2) is 0 Å². The highest BCUT2D eigenvalue weighted by atomic mass is 15.0. The first kappa shape index (κ1) is 39.8. The normalized spacial score (nSPS) is 13.7. The van der Waals surface area contributed by atoms with Gasteiger partial charge in [0.25, 0.3) is 0 Å². The molecular formula is C67H46N4. The first-order chi connectivity index (χ1) is 35.1. The van der Waals surface area contributed by atoms with Gasteiger partial charge in [-0.1, -0.05) is 159 Å². The lowest BCUT2D eigenvalue weighted by Crippen LogP contribution is -2.08. The Morgan fingerprint density at radius 3 is 1.06 bits per heavy atom. The predicted molar refractivity (Wildman–Crippen MR) is 299 cm³/mol. The average molecular weight is 907 g/mol. The molecule has 4 heteroatoms. The van der Waals surface area contributed by atoms with E-state index in [1.807, 2.05) is 0 Å². The molecule has 10 aromatic carbocycles. The van der Waals surface area contributed by atoms with Crippen LogP contribution in [0.1, 0.15) is 18.2 Å². The molecule has 71 heavy (non-hydrogen) atoms. The number of fused-ring (bicyclic) bond motifs is 12. The third kappa shape index (κ3) is 6.04. The fraction of sp³-hybridized carbons (Fsp3) is 0.0448. The topological polar surface area (TPSA) is 19.7 Å². The Labute approximate surface area is 410 Å². The number of hydrogen-bond acceptors (Lipinski definition) is 0. The fourth-order valence-corrected chi connectivity index (χ4v) is 12.1. The van der Waals surface area contributed by atoms with Crippen molar-refractivity contribution in [1.29, 1.82) is 0 Å². The molecule has 0 saturated carbocycles. The highest BCUT2D eigenvalue weighted by Gasteiger charge is 2.23. The Morgan fingerprint density at radius 2 is 0.634 bits per heavy atom. The van der Waals surface area contributed by atoms with Gasteiger partial charge in [-0.05, 0) is 126 Å². The highest BCUT2D eigenvalue weighted by Crippen LogP contribution is 2.42. The minimum atomic E-state index is 0.492. The first-order valence-electron chi connectivity index (χ1n) is 24.8. The molecule has 0 radical (unpaired) electrons. The molecule has 15 rings (SSSR count). The van der Waals surface area contributed by atoms with Crippen LogP contribution >= 0.6 is 0 Å². The standard InChI is InChI=1S/C67H46N4/c1-43-34-35-57-54-26-4-9-31-62(54)69(65(57)36-43)49-21-13-17-45(38-49)47-19-15-23-51(40-47)71-64-33-11-6-28-56(64)59-41-58-55-27-5-10-32-63(55)70(66(58)42-67(59)71)50-22-14-18-46(39-50)44-16-12-20-48(37-44)68-60-29-7-2-24-52(60)53-25-3-8-30-61(53)68/h2-35,37-43H,36H2,1H3. The molecule has 0 spiro atoms. The van der Waals surface area contributed by atoms with Crippen molar-refractivity contribution in [3.8, 4) is 45.0 Å². The molecule has 4 aromatic heterocycles. The molecule has 0 bridgehead atoms. The van der Waals surface area contributed by atoms with Gasteiger partial charge in [-0.3, -0.25) is 0 Å². The van der Waals surface area contributed by atoms with E-state index in [2.05, 4.69) is 268 Å². The van der Waals surface area contributed by atoms with E-state index in [9.17, 15) is 0 Å². The molecule has 1 aliphatic carbocycles. The molecule has 1 unspecified atom stereocenters. The second-order valence-corrected chi connectivity index (χ2v) is 19.4. The van der Waals surface area contributed by atoms with Crippen LogP contribution in [-0.2, 0) is 6.42 Å². The van der Waals surface area contributed by atoms with Crippen LogP contribution in [0, 0.1) is 5.92 Å². The lowest BCUT2D eigenvalue weighted by molar-refractivity contribution is 0.690. The minimum absolute atomic E-state index is 0.492. The molecule has 334 valence electrons. The van der Waals surface area contributed by atoms with Crippen LogP contribution in [-0.4, -0.2) is 18.3 Å². The molecule has 1 atom stereocenters. The Bertz CT molecular complexity index is 4470. The van der Waals surface area contributed by atoms with Crippen molar-refractivity contribution in [1.82, 2.24) is 18.3 Å². The van der Waals surface area contributed by atoms with Crippen molar-refractivity contribution in [3.05, 3.63) is 248 Å². The smallest absolute Gasteiger partial charge is 0.0562 e. The quantitative estimate of drug-likeness (QED) is 0.158. The Hall–Kier alpha value is -9.12. The van der Waals surface area contributed by atoms with E-state index in [1.54, 1.807) is 0 Å². The number of rotatable bonds is 6. The summed E-state index contributed by atoms with van der Waals surface area (Å²) >= 11 is 0. The molecule has 4 nitrogen and oxygen atoms in total. The first-order valence-corrected chi connectivity index (χ1v) is 24.8. The second kappa shape index (κ2) is 15.4. The van der Waals surface area contributed by atoms with Gasteiger partial charge in [-0.15, -0.1) is 0 Å². The summed E-state index contributed by atoms with van der Waals surface area (Å²) in [6, 6.07) is 85.2. The van der Waals surface area contributed by atoms with Gasteiger partial charge in [0.2, 0.25) is 0 Å². The Kier molecular flexibility index (Phi) is 8.67. The Balaban J connectivity index is 0.878. The van der Waals surface area contributed by atoms with Crippen LogP contribution < -0.4 is 0 Å². The molecular weight excluding hydrogens is 861 g/mol. The molecule has 14 aromatic rings. The van der Waals surface area contributed by atoms with Crippen LogP contribution in [0.15, 0.2) is 237 Å². The van der Waals surface area contributed by atoms with Crippen molar-refractivity contribution in [2.45, 2.75) is 13.3 Å². The van der Waals surface area contributed by atoms with E-state index >= 15 is 0 Å². The number of aromatic nitrogens is 4. The fourth-order valence-electron chi connectivity index (χ4n) is 12.1. The zero-order chi connectivity index (χ0) is 46.7. The van der Waals surface area contributed by atoms with E-state index in [4.69, 9.17) is 0 Å². The summed E-state index contributed by atoms with van der Waals surface area (Å²) in [7, 11) is 0. The molecule has 0 amide bonds. The Morgan fingerprint density at radius 1 is 0.296 bits per heavy atom. The van der Waals surface area contributed by atoms with Crippen molar-refractivity contribution in [2.24, 2.45) is 5.92 Å². The van der Waals surface area contributed by atoms with E-state index in [-0.39, 0.29) is 0 Å². The van der Waals surface area contributed by atoms with Crippen LogP contribution in [0.5, 0.6) is 0 Å². The number of nitrogens with zero attached hydrogens (tertiary/aromatic N) is 4. The summed E-state index contributed by atoms with van der Waals surface area (Å²) in [5, 5.41) is 8.81. The number of benzene rings is 10. The van der Waals surface area contributed by atoms with E-state index in [0.29, 0.717) is 5.92 Å². The summed E-state index contributed by atoms with van der Waals surface area (Å²) in [4.78, 5) is 0. The van der Waals surface area contributed by atoms with E-state index in [0.717, 1.165) is 23.5 Å². The summed E-state index contributed by atoms with van der Waals surface area (Å²) in [6.07, 6.45) is 5.70. The second-order valence-electron chi connectivity index (χ2n) is 19.4. The van der Waals surface area contributed by atoms with Crippen LogP contribution in [0.4, 0.5) is 0 Å². The van der Waals surface area contributed by atoms with E-state index < -0.39 is 0 Å². The maximum atomic E-state index is 2.50. The summed E-state index contributed by atoms with van der Waals surface area (Å²) in [5.74, 6) is 0.492. The number of para-hydroxylation sites is 5. The lowest BCUT2D eigenvalue weighted by atomic mass is 9.94. The van der Waals surface area contributed by atoms with Crippen LogP contribution in [0.2, 0.25) is 0 Å². The molecule has 1 aliphatic rings. The highest BCUT2D eigenvalue weighted by molar-refractivity contribution is 6.19. The lowest BCUT2D eigenvalue weighted by Gasteiger charge is -2.18. The van der Waals surface area contributed by atoms with Crippen molar-refractivity contribution in [2.75, 3.05) is 0 Å². The zero-order valence-electron chi connectivity index (χ0n) is 39.2. The van der Waals surface area contributed by atoms with Crippen LogP contribution in [0.25, 0.3) is 127 Å². The van der Waals surface area contributed by atoms with Gasteiger partial charge in [0, 0.05) is 71.7 Å². The van der Waals surface area contributed by atoms with Gasteiger partial charge >= 0.3 is 0 Å². The van der Waals surface area contributed by atoms with Crippen molar-refractivity contribution in [3.63, 3.8) is 0 Å². The largest absolute Gasteiger partial charge is 0.313 e. The van der Waals surface area contributed by atoms with Gasteiger partial charge < -0.3 is 18.3 Å². The molecule has 0 aliphatic heterocycles. The van der Waals surface area contributed by atoms with Gasteiger partial charge in [-0.2, -0.15) is 0 Å².